The maximum absolute atomic E-state index is 13.1. The molecular formula is C24H22FN3O5S. The van der Waals surface area contributed by atoms with E-state index in [1.54, 1.807) is 24.3 Å². The number of nitrogens with one attached hydrogen (secondary N) is 2. The van der Waals surface area contributed by atoms with Crippen LogP contribution in [0.3, 0.4) is 0 Å². The zero-order valence-electron chi connectivity index (χ0n) is 18.5. The number of nitriles is 1. The van der Waals surface area contributed by atoms with E-state index in [9.17, 15) is 24.0 Å². The highest BCUT2D eigenvalue weighted by molar-refractivity contribution is 8.03. The average Bonchev–Trinajstić information content (AvgIpc) is 2.84. The molecule has 0 spiro atoms. The number of rotatable bonds is 8. The second-order valence-corrected chi connectivity index (χ2v) is 8.15. The van der Waals surface area contributed by atoms with Gasteiger partial charge in [-0.1, -0.05) is 23.9 Å². The topological polar surface area (TPSA) is 118 Å². The second-order valence-electron chi connectivity index (χ2n) is 7.17. The molecule has 0 unspecified atom stereocenters. The van der Waals surface area contributed by atoms with Gasteiger partial charge in [0.15, 0.2) is 0 Å². The van der Waals surface area contributed by atoms with Gasteiger partial charge in [-0.15, -0.1) is 0 Å². The molecule has 2 amide bonds. The van der Waals surface area contributed by atoms with Crippen LogP contribution in [0.25, 0.3) is 0 Å². The number of halogens is 1. The molecule has 0 radical (unpaired) electrons. The normalized spacial score (nSPS) is 17.4. The maximum Gasteiger partial charge on any atom is 0.319 e. The van der Waals surface area contributed by atoms with E-state index in [-0.39, 0.29) is 16.4 Å². The molecule has 0 aromatic heterocycles. The number of benzene rings is 2. The minimum atomic E-state index is -1.27. The van der Waals surface area contributed by atoms with Crippen molar-refractivity contribution in [2.75, 3.05) is 24.8 Å². The van der Waals surface area contributed by atoms with Crippen LogP contribution in [-0.2, 0) is 19.1 Å². The molecule has 0 saturated heterocycles. The Kier molecular flexibility index (Phi) is 8.27. The van der Waals surface area contributed by atoms with Crippen LogP contribution in [0.1, 0.15) is 18.4 Å². The van der Waals surface area contributed by atoms with E-state index in [4.69, 9.17) is 9.47 Å². The van der Waals surface area contributed by atoms with Crippen molar-refractivity contribution in [1.29, 1.82) is 5.26 Å². The summed E-state index contributed by atoms with van der Waals surface area (Å²) >= 11 is 0.958. The largest absolute Gasteiger partial charge is 0.494 e. The first kappa shape index (κ1) is 24.8. The van der Waals surface area contributed by atoms with E-state index in [0.29, 0.717) is 23.6 Å². The number of esters is 1. The van der Waals surface area contributed by atoms with Crippen molar-refractivity contribution >= 4 is 35.2 Å². The zero-order chi connectivity index (χ0) is 24.7. The van der Waals surface area contributed by atoms with Gasteiger partial charge in [0.25, 0.3) is 0 Å². The monoisotopic (exact) mass is 483 g/mol. The lowest BCUT2D eigenvalue weighted by Crippen LogP contribution is -2.44. The molecule has 10 heteroatoms. The van der Waals surface area contributed by atoms with Gasteiger partial charge in [-0.3, -0.25) is 14.4 Å². The number of carbonyl (C=O) groups excluding carboxylic acids is 3. The summed E-state index contributed by atoms with van der Waals surface area (Å²) in [5.74, 6) is -3.94. The third-order valence-electron chi connectivity index (χ3n) is 5.01. The number of amides is 2. The van der Waals surface area contributed by atoms with Crippen molar-refractivity contribution in [1.82, 2.24) is 5.32 Å². The Morgan fingerprint density at radius 2 is 1.85 bits per heavy atom. The molecule has 34 heavy (non-hydrogen) atoms. The van der Waals surface area contributed by atoms with E-state index in [1.165, 1.54) is 31.4 Å². The number of carbonyl (C=O) groups is 3. The van der Waals surface area contributed by atoms with Gasteiger partial charge in [0, 0.05) is 11.6 Å². The molecule has 2 atom stereocenters. The molecule has 1 aliphatic heterocycles. The minimum Gasteiger partial charge on any atom is -0.494 e. The third-order valence-corrected chi connectivity index (χ3v) is 6.03. The van der Waals surface area contributed by atoms with E-state index < -0.39 is 35.4 Å². The van der Waals surface area contributed by atoms with Gasteiger partial charge in [0.1, 0.15) is 17.5 Å². The highest BCUT2D eigenvalue weighted by atomic mass is 32.2. The van der Waals surface area contributed by atoms with Crippen LogP contribution < -0.4 is 15.4 Å². The van der Waals surface area contributed by atoms with Crippen molar-refractivity contribution in [3.05, 3.63) is 70.5 Å². The summed E-state index contributed by atoms with van der Waals surface area (Å²) in [6, 6.07) is 14.1. The highest BCUT2D eigenvalue weighted by Crippen LogP contribution is 2.40. The van der Waals surface area contributed by atoms with E-state index in [0.717, 1.165) is 11.8 Å². The standard InChI is InChI=1S/C24H22FN3O5S/c1-3-33-17-10-4-14(5-11-17)20-18(12-26)23(28-22(30)21(20)24(31)32-2)34-13-19(29)27-16-8-6-15(25)7-9-16/h4-11,20-21H,3,13H2,1-2H3,(H,27,29)(H,28,30)/t20-,21-/m0/s1. The van der Waals surface area contributed by atoms with Crippen LogP contribution >= 0.6 is 11.8 Å². The smallest absolute Gasteiger partial charge is 0.319 e. The van der Waals surface area contributed by atoms with Gasteiger partial charge < -0.3 is 20.1 Å². The summed E-state index contributed by atoms with van der Waals surface area (Å²) in [4.78, 5) is 37.7. The van der Waals surface area contributed by atoms with Gasteiger partial charge in [-0.25, -0.2) is 4.39 Å². The van der Waals surface area contributed by atoms with Crippen LogP contribution in [0.2, 0.25) is 0 Å². The molecule has 0 saturated carbocycles. The highest BCUT2D eigenvalue weighted by Gasteiger charge is 2.44. The molecule has 0 fully saturated rings. The van der Waals surface area contributed by atoms with Gasteiger partial charge >= 0.3 is 5.97 Å². The SMILES string of the molecule is CCOc1ccc([C@H]2C(C#N)=C(SCC(=O)Nc3ccc(F)cc3)NC(=O)[C@H]2C(=O)OC)cc1. The number of thioether (sulfide) groups is 1. The van der Waals surface area contributed by atoms with Crippen molar-refractivity contribution in [2.45, 2.75) is 12.8 Å². The van der Waals surface area contributed by atoms with Crippen molar-refractivity contribution < 1.29 is 28.2 Å². The number of hydrogen-bond acceptors (Lipinski definition) is 7. The Morgan fingerprint density at radius 1 is 1.18 bits per heavy atom. The summed E-state index contributed by atoms with van der Waals surface area (Å²) in [6.07, 6.45) is 0. The van der Waals surface area contributed by atoms with Crippen LogP contribution in [0.5, 0.6) is 5.75 Å². The Labute approximate surface area is 200 Å². The molecule has 176 valence electrons. The average molecular weight is 484 g/mol. The fourth-order valence-electron chi connectivity index (χ4n) is 3.49. The van der Waals surface area contributed by atoms with Crippen LogP contribution in [0.15, 0.2) is 59.1 Å². The molecule has 1 heterocycles. The fourth-order valence-corrected chi connectivity index (χ4v) is 4.33. The second kappa shape index (κ2) is 11.3. The summed E-state index contributed by atoms with van der Waals surface area (Å²) in [5, 5.41) is 15.3. The summed E-state index contributed by atoms with van der Waals surface area (Å²) in [7, 11) is 1.17. The first-order chi connectivity index (χ1) is 16.4. The predicted molar refractivity (Wildman–Crippen MR) is 124 cm³/mol. The fraction of sp³-hybridized carbons (Fsp3) is 0.250. The number of anilines is 1. The van der Waals surface area contributed by atoms with E-state index in [1.807, 2.05) is 6.92 Å². The van der Waals surface area contributed by atoms with Crippen molar-refractivity contribution in [3.8, 4) is 11.8 Å². The first-order valence-electron chi connectivity index (χ1n) is 10.3. The maximum atomic E-state index is 13.1. The first-order valence-corrected chi connectivity index (χ1v) is 11.3. The molecule has 3 rings (SSSR count). The Morgan fingerprint density at radius 3 is 2.44 bits per heavy atom. The van der Waals surface area contributed by atoms with E-state index in [2.05, 4.69) is 16.7 Å². The van der Waals surface area contributed by atoms with Gasteiger partial charge in [-0.05, 0) is 48.9 Å². The number of allylic oxidation sites excluding steroid dienone is 1. The van der Waals surface area contributed by atoms with Crippen LogP contribution in [-0.4, -0.2) is 37.3 Å². The summed E-state index contributed by atoms with van der Waals surface area (Å²) < 4.78 is 23.3. The third kappa shape index (κ3) is 5.74. The molecule has 2 N–H and O–H groups in total. The Hall–Kier alpha value is -3.84. The zero-order valence-corrected chi connectivity index (χ0v) is 19.3. The van der Waals surface area contributed by atoms with Crippen LogP contribution in [0, 0.1) is 23.1 Å². The van der Waals surface area contributed by atoms with Crippen molar-refractivity contribution in [3.63, 3.8) is 0 Å². The lowest BCUT2D eigenvalue weighted by atomic mass is 9.78. The van der Waals surface area contributed by atoms with Gasteiger partial charge in [0.05, 0.1) is 36.1 Å². The molecule has 1 aliphatic rings. The lowest BCUT2D eigenvalue weighted by Gasteiger charge is -2.31. The van der Waals surface area contributed by atoms with Gasteiger partial charge in [0.2, 0.25) is 11.8 Å². The molecule has 0 aliphatic carbocycles. The Balaban J connectivity index is 1.88. The Bertz CT molecular complexity index is 1140. The predicted octanol–water partition coefficient (Wildman–Crippen LogP) is 3.33. The lowest BCUT2D eigenvalue weighted by molar-refractivity contribution is -0.150. The van der Waals surface area contributed by atoms with E-state index >= 15 is 0 Å². The number of hydrogen-bond donors (Lipinski definition) is 2. The number of nitrogens with zero attached hydrogens (tertiary/aromatic N) is 1. The molecule has 2 aromatic carbocycles. The molecular weight excluding hydrogens is 461 g/mol. The minimum absolute atomic E-state index is 0.128. The van der Waals surface area contributed by atoms with Gasteiger partial charge in [-0.2, -0.15) is 5.26 Å². The van der Waals surface area contributed by atoms with Crippen LogP contribution in [0.4, 0.5) is 10.1 Å². The number of ether oxygens (including phenoxy) is 2. The molecule has 8 nitrogen and oxygen atoms in total. The molecule has 0 bridgehead atoms. The summed E-state index contributed by atoms with van der Waals surface area (Å²) in [6.45, 7) is 2.32. The van der Waals surface area contributed by atoms with Crippen molar-refractivity contribution in [2.24, 2.45) is 5.92 Å². The molecule has 2 aromatic rings. The summed E-state index contributed by atoms with van der Waals surface area (Å²) in [5.41, 5.74) is 1.10. The quantitative estimate of drug-likeness (QED) is 0.437. The number of methoxy groups -OCH3 is 1.